The molecular weight excluding hydrogens is 262 g/mol. The number of nitrogens with zero attached hydrogens (tertiary/aromatic N) is 4. The van der Waals surface area contributed by atoms with Crippen molar-refractivity contribution in [2.45, 2.75) is 26.8 Å². The lowest BCUT2D eigenvalue weighted by Crippen LogP contribution is -2.32. The molecule has 3 rings (SSSR count). The van der Waals surface area contributed by atoms with E-state index in [0.717, 1.165) is 29.9 Å². The second-order valence-electron chi connectivity index (χ2n) is 5.42. The molecule has 21 heavy (non-hydrogen) atoms. The second-order valence-corrected chi connectivity index (χ2v) is 5.42. The minimum atomic E-state index is 0.620. The van der Waals surface area contributed by atoms with Crippen LogP contribution >= 0.6 is 0 Å². The standard InChI is InChI=1S/C16H17N5/c1-10-11(2)19-20-16(15(10)8-17)21-6-5-12-3-4-14(18)7-13(12)9-21/h3-4,7H,5-6,9,18H2,1-2H3. The fourth-order valence-electron chi connectivity index (χ4n) is 2.71. The lowest BCUT2D eigenvalue weighted by molar-refractivity contribution is 0.708. The minimum absolute atomic E-state index is 0.620. The summed E-state index contributed by atoms with van der Waals surface area (Å²) >= 11 is 0. The maximum Gasteiger partial charge on any atom is 0.169 e. The monoisotopic (exact) mass is 279 g/mol. The summed E-state index contributed by atoms with van der Waals surface area (Å²) < 4.78 is 0. The van der Waals surface area contributed by atoms with Gasteiger partial charge in [-0.25, -0.2) is 0 Å². The number of aryl methyl sites for hydroxylation is 1. The van der Waals surface area contributed by atoms with Crippen molar-refractivity contribution in [2.24, 2.45) is 0 Å². The van der Waals surface area contributed by atoms with Gasteiger partial charge in [0, 0.05) is 18.8 Å². The SMILES string of the molecule is Cc1nnc(N2CCc3ccc(N)cc3C2)c(C#N)c1C. The lowest BCUT2D eigenvalue weighted by atomic mass is 9.98. The summed E-state index contributed by atoms with van der Waals surface area (Å²) in [6.45, 7) is 5.34. The molecule has 0 atom stereocenters. The zero-order chi connectivity index (χ0) is 15.0. The van der Waals surface area contributed by atoms with Crippen LogP contribution in [0.4, 0.5) is 11.5 Å². The van der Waals surface area contributed by atoms with Crippen molar-refractivity contribution in [3.05, 3.63) is 46.1 Å². The lowest BCUT2D eigenvalue weighted by Gasteiger charge is -2.30. The molecule has 1 aromatic heterocycles. The van der Waals surface area contributed by atoms with Crippen LogP contribution < -0.4 is 10.6 Å². The van der Waals surface area contributed by atoms with Crippen molar-refractivity contribution in [3.63, 3.8) is 0 Å². The summed E-state index contributed by atoms with van der Waals surface area (Å²) in [5, 5.41) is 17.8. The molecule has 0 spiro atoms. The molecule has 5 heteroatoms. The van der Waals surface area contributed by atoms with Gasteiger partial charge in [-0.3, -0.25) is 0 Å². The van der Waals surface area contributed by atoms with Crippen molar-refractivity contribution < 1.29 is 0 Å². The maximum absolute atomic E-state index is 9.43. The van der Waals surface area contributed by atoms with Gasteiger partial charge in [0.25, 0.3) is 0 Å². The molecule has 0 amide bonds. The van der Waals surface area contributed by atoms with Gasteiger partial charge >= 0.3 is 0 Å². The Morgan fingerprint density at radius 2 is 2.05 bits per heavy atom. The van der Waals surface area contributed by atoms with E-state index in [2.05, 4.69) is 27.2 Å². The van der Waals surface area contributed by atoms with Gasteiger partial charge in [0.2, 0.25) is 0 Å². The van der Waals surface area contributed by atoms with Crippen molar-refractivity contribution in [1.29, 1.82) is 5.26 Å². The third-order valence-corrected chi connectivity index (χ3v) is 4.09. The van der Waals surface area contributed by atoms with E-state index in [1.54, 1.807) is 0 Å². The van der Waals surface area contributed by atoms with E-state index < -0.39 is 0 Å². The van der Waals surface area contributed by atoms with Gasteiger partial charge in [-0.2, -0.15) is 10.4 Å². The van der Waals surface area contributed by atoms with E-state index in [0.29, 0.717) is 17.9 Å². The van der Waals surface area contributed by atoms with Gasteiger partial charge in [0.05, 0.1) is 5.69 Å². The molecule has 2 N–H and O–H groups in total. The Morgan fingerprint density at radius 1 is 1.24 bits per heavy atom. The predicted octanol–water partition coefficient (Wildman–Crippen LogP) is 2.11. The van der Waals surface area contributed by atoms with Crippen LogP contribution in [0.2, 0.25) is 0 Å². The summed E-state index contributed by atoms with van der Waals surface area (Å²) in [7, 11) is 0. The van der Waals surface area contributed by atoms with Crippen LogP contribution in [0, 0.1) is 25.2 Å². The number of nitriles is 1. The Morgan fingerprint density at radius 3 is 2.81 bits per heavy atom. The largest absolute Gasteiger partial charge is 0.399 e. The van der Waals surface area contributed by atoms with Crippen molar-refractivity contribution in [2.75, 3.05) is 17.2 Å². The molecular formula is C16H17N5. The van der Waals surface area contributed by atoms with Gasteiger partial charge in [0.1, 0.15) is 11.6 Å². The highest BCUT2D eigenvalue weighted by Crippen LogP contribution is 2.28. The van der Waals surface area contributed by atoms with E-state index in [1.807, 2.05) is 26.0 Å². The normalized spacial score (nSPS) is 13.7. The molecule has 2 heterocycles. The highest BCUT2D eigenvalue weighted by atomic mass is 15.3. The Balaban J connectivity index is 2.01. The Bertz CT molecular complexity index is 745. The number of fused-ring (bicyclic) bond motifs is 1. The molecule has 0 saturated carbocycles. The van der Waals surface area contributed by atoms with E-state index in [-0.39, 0.29) is 0 Å². The summed E-state index contributed by atoms with van der Waals surface area (Å²) in [6.07, 6.45) is 0.926. The summed E-state index contributed by atoms with van der Waals surface area (Å²) in [4.78, 5) is 2.11. The Kier molecular flexibility index (Phi) is 3.22. The number of aromatic nitrogens is 2. The number of hydrogen-bond donors (Lipinski definition) is 1. The van der Waals surface area contributed by atoms with Gasteiger partial charge in [-0.05, 0) is 49.1 Å². The average Bonchev–Trinajstić information content (AvgIpc) is 2.49. The number of nitrogen functional groups attached to an aromatic ring is 1. The Hall–Kier alpha value is -2.61. The molecule has 0 fully saturated rings. The number of benzene rings is 1. The van der Waals surface area contributed by atoms with Crippen LogP contribution in [0.5, 0.6) is 0 Å². The van der Waals surface area contributed by atoms with Crippen LogP contribution in [0.25, 0.3) is 0 Å². The maximum atomic E-state index is 9.43. The fourth-order valence-corrected chi connectivity index (χ4v) is 2.71. The number of hydrogen-bond acceptors (Lipinski definition) is 5. The molecule has 0 saturated heterocycles. The van der Waals surface area contributed by atoms with E-state index in [9.17, 15) is 5.26 Å². The molecule has 0 radical (unpaired) electrons. The van der Waals surface area contributed by atoms with Gasteiger partial charge in [-0.1, -0.05) is 6.07 Å². The molecule has 1 aromatic carbocycles. The minimum Gasteiger partial charge on any atom is -0.399 e. The van der Waals surface area contributed by atoms with E-state index in [4.69, 9.17) is 5.73 Å². The van der Waals surface area contributed by atoms with E-state index in [1.165, 1.54) is 11.1 Å². The molecule has 2 aromatic rings. The molecule has 0 unspecified atom stereocenters. The first-order chi connectivity index (χ1) is 10.1. The molecule has 0 aliphatic carbocycles. The van der Waals surface area contributed by atoms with E-state index >= 15 is 0 Å². The van der Waals surface area contributed by atoms with Gasteiger partial charge < -0.3 is 10.6 Å². The third kappa shape index (κ3) is 2.29. The van der Waals surface area contributed by atoms with Crippen molar-refractivity contribution >= 4 is 11.5 Å². The highest BCUT2D eigenvalue weighted by Gasteiger charge is 2.22. The van der Waals surface area contributed by atoms with Gasteiger partial charge in [-0.15, -0.1) is 5.10 Å². The zero-order valence-corrected chi connectivity index (χ0v) is 12.2. The highest BCUT2D eigenvalue weighted by molar-refractivity contribution is 5.59. The molecule has 0 bridgehead atoms. The first-order valence-electron chi connectivity index (χ1n) is 6.96. The molecule has 1 aliphatic rings. The fraction of sp³-hybridized carbons (Fsp3) is 0.312. The summed E-state index contributed by atoms with van der Waals surface area (Å²) in [5.41, 5.74) is 11.5. The van der Waals surface area contributed by atoms with Crippen LogP contribution in [0.3, 0.4) is 0 Å². The Labute approximate surface area is 124 Å². The van der Waals surface area contributed by atoms with Crippen molar-refractivity contribution in [3.8, 4) is 6.07 Å². The predicted molar refractivity (Wildman–Crippen MR) is 81.8 cm³/mol. The summed E-state index contributed by atoms with van der Waals surface area (Å²) in [6, 6.07) is 8.29. The number of anilines is 2. The topological polar surface area (TPSA) is 78.8 Å². The number of nitrogens with two attached hydrogens (primary N) is 1. The molecule has 1 aliphatic heterocycles. The smallest absolute Gasteiger partial charge is 0.169 e. The zero-order valence-electron chi connectivity index (χ0n) is 12.2. The third-order valence-electron chi connectivity index (χ3n) is 4.09. The molecule has 106 valence electrons. The average molecular weight is 279 g/mol. The van der Waals surface area contributed by atoms with Crippen LogP contribution in [-0.2, 0) is 13.0 Å². The van der Waals surface area contributed by atoms with Crippen molar-refractivity contribution in [1.82, 2.24) is 10.2 Å². The second kappa shape index (κ2) is 5.06. The van der Waals surface area contributed by atoms with Gasteiger partial charge in [0.15, 0.2) is 5.82 Å². The van der Waals surface area contributed by atoms with Crippen LogP contribution in [0.1, 0.15) is 27.9 Å². The first-order valence-corrected chi connectivity index (χ1v) is 6.96. The molecule has 5 nitrogen and oxygen atoms in total. The first kappa shape index (κ1) is 13.4. The summed E-state index contributed by atoms with van der Waals surface area (Å²) in [5.74, 6) is 0.675. The quantitative estimate of drug-likeness (QED) is 0.809. The number of rotatable bonds is 1. The van der Waals surface area contributed by atoms with Crippen LogP contribution in [0.15, 0.2) is 18.2 Å². The van der Waals surface area contributed by atoms with Crippen LogP contribution in [-0.4, -0.2) is 16.7 Å².